The second-order valence-electron chi connectivity index (χ2n) is 5.99. The minimum Gasteiger partial charge on any atom is -0.435 e. The van der Waals surface area contributed by atoms with Gasteiger partial charge in [-0.05, 0) is 24.1 Å². The van der Waals surface area contributed by atoms with Gasteiger partial charge in [-0.2, -0.15) is 8.78 Å². The first-order valence-electron chi connectivity index (χ1n) is 7.91. The Morgan fingerprint density at radius 1 is 1.23 bits per heavy atom. The number of nitrogens with zero attached hydrogens (tertiary/aromatic N) is 2. The van der Waals surface area contributed by atoms with Crippen molar-refractivity contribution in [1.82, 2.24) is 15.1 Å². The number of halogens is 2. The van der Waals surface area contributed by atoms with Crippen molar-refractivity contribution in [2.75, 3.05) is 39.3 Å². The van der Waals surface area contributed by atoms with E-state index in [0.29, 0.717) is 6.04 Å². The Kier molecular flexibility index (Phi) is 5.23. The van der Waals surface area contributed by atoms with Gasteiger partial charge in [-0.1, -0.05) is 12.1 Å². The minimum absolute atomic E-state index is 0.241. The van der Waals surface area contributed by atoms with E-state index in [4.69, 9.17) is 0 Å². The first-order valence-corrected chi connectivity index (χ1v) is 7.91. The van der Waals surface area contributed by atoms with Crippen LogP contribution in [-0.2, 0) is 6.54 Å². The van der Waals surface area contributed by atoms with Crippen LogP contribution >= 0.6 is 0 Å². The molecule has 0 bridgehead atoms. The van der Waals surface area contributed by atoms with E-state index in [0.717, 1.165) is 51.4 Å². The second-order valence-corrected chi connectivity index (χ2v) is 5.99. The standard InChI is InChI=1S/C16H23F2N3O/c17-16(18)22-15-3-1-2-13(10-15)11-20-7-4-14(12-20)21-8-5-19-6-9-21/h1-3,10,14,16,19H,4-9,11-12H2. The number of nitrogens with one attached hydrogen (secondary N) is 1. The Morgan fingerprint density at radius 3 is 2.82 bits per heavy atom. The van der Waals surface area contributed by atoms with Gasteiger partial charge in [0.05, 0.1) is 0 Å². The van der Waals surface area contributed by atoms with Crippen molar-refractivity contribution in [2.24, 2.45) is 0 Å². The summed E-state index contributed by atoms with van der Waals surface area (Å²) in [6.45, 7) is 4.54. The van der Waals surface area contributed by atoms with E-state index in [9.17, 15) is 8.78 Å². The molecule has 1 unspecified atom stereocenters. The van der Waals surface area contributed by atoms with Crippen molar-refractivity contribution in [3.63, 3.8) is 0 Å². The minimum atomic E-state index is -2.76. The summed E-state index contributed by atoms with van der Waals surface area (Å²) in [6, 6.07) is 7.66. The lowest BCUT2D eigenvalue weighted by Gasteiger charge is -2.32. The molecule has 0 radical (unpaired) electrons. The predicted molar refractivity (Wildman–Crippen MR) is 81.2 cm³/mol. The SMILES string of the molecule is FC(F)Oc1cccc(CN2CCC(N3CCNCC3)C2)c1. The Morgan fingerprint density at radius 2 is 2.05 bits per heavy atom. The molecule has 2 fully saturated rings. The largest absolute Gasteiger partial charge is 0.435 e. The fourth-order valence-electron chi connectivity index (χ4n) is 3.38. The van der Waals surface area contributed by atoms with Crippen molar-refractivity contribution >= 4 is 0 Å². The van der Waals surface area contributed by atoms with Crippen LogP contribution in [0.25, 0.3) is 0 Å². The first kappa shape index (κ1) is 15.6. The predicted octanol–water partition coefficient (Wildman–Crippen LogP) is 1.77. The molecule has 22 heavy (non-hydrogen) atoms. The number of likely N-dealkylation sites (tertiary alicyclic amines) is 1. The van der Waals surface area contributed by atoms with Crippen LogP contribution in [0.2, 0.25) is 0 Å². The van der Waals surface area contributed by atoms with Gasteiger partial charge in [0.1, 0.15) is 5.75 Å². The van der Waals surface area contributed by atoms with Gasteiger partial charge < -0.3 is 10.1 Å². The van der Waals surface area contributed by atoms with Crippen LogP contribution in [0.15, 0.2) is 24.3 Å². The van der Waals surface area contributed by atoms with Gasteiger partial charge in [0.15, 0.2) is 0 Å². The lowest BCUT2D eigenvalue weighted by Crippen LogP contribution is -2.49. The number of ether oxygens (including phenoxy) is 1. The van der Waals surface area contributed by atoms with E-state index in [1.54, 1.807) is 18.2 Å². The van der Waals surface area contributed by atoms with Gasteiger partial charge in [0.2, 0.25) is 0 Å². The molecule has 2 heterocycles. The molecule has 0 saturated carbocycles. The van der Waals surface area contributed by atoms with E-state index in [1.165, 1.54) is 6.42 Å². The summed E-state index contributed by atoms with van der Waals surface area (Å²) in [7, 11) is 0. The number of benzene rings is 1. The summed E-state index contributed by atoms with van der Waals surface area (Å²) >= 11 is 0. The molecule has 1 aromatic rings. The Hall–Kier alpha value is -1.24. The molecule has 0 aliphatic carbocycles. The van der Waals surface area contributed by atoms with Crippen LogP contribution in [0.1, 0.15) is 12.0 Å². The number of hydrogen-bond acceptors (Lipinski definition) is 4. The van der Waals surface area contributed by atoms with Crippen LogP contribution < -0.4 is 10.1 Å². The maximum atomic E-state index is 12.3. The smallest absolute Gasteiger partial charge is 0.387 e. The molecule has 0 aromatic heterocycles. The van der Waals surface area contributed by atoms with Crippen LogP contribution in [0.5, 0.6) is 5.75 Å². The highest BCUT2D eigenvalue weighted by Gasteiger charge is 2.28. The third-order valence-corrected chi connectivity index (χ3v) is 4.45. The maximum Gasteiger partial charge on any atom is 0.387 e. The van der Waals surface area contributed by atoms with Gasteiger partial charge in [-0.15, -0.1) is 0 Å². The van der Waals surface area contributed by atoms with E-state index in [2.05, 4.69) is 19.9 Å². The van der Waals surface area contributed by atoms with Gasteiger partial charge in [0.25, 0.3) is 0 Å². The molecule has 1 aromatic carbocycles. The fraction of sp³-hybridized carbons (Fsp3) is 0.625. The molecule has 3 rings (SSSR count). The molecule has 2 aliphatic rings. The highest BCUT2D eigenvalue weighted by atomic mass is 19.3. The van der Waals surface area contributed by atoms with Crippen LogP contribution in [-0.4, -0.2) is 61.7 Å². The molecule has 2 saturated heterocycles. The summed E-state index contributed by atoms with van der Waals surface area (Å²) in [4.78, 5) is 4.96. The molecule has 122 valence electrons. The van der Waals surface area contributed by atoms with Crippen molar-refractivity contribution < 1.29 is 13.5 Å². The topological polar surface area (TPSA) is 27.7 Å². The van der Waals surface area contributed by atoms with E-state index in [-0.39, 0.29) is 5.75 Å². The Labute approximate surface area is 130 Å². The van der Waals surface area contributed by atoms with Crippen LogP contribution in [0.3, 0.4) is 0 Å². The maximum absolute atomic E-state index is 12.3. The average Bonchev–Trinajstić information content (AvgIpc) is 2.96. The molecular weight excluding hydrogens is 288 g/mol. The van der Waals surface area contributed by atoms with E-state index < -0.39 is 6.61 Å². The monoisotopic (exact) mass is 311 g/mol. The fourth-order valence-corrected chi connectivity index (χ4v) is 3.38. The highest BCUT2D eigenvalue weighted by Crippen LogP contribution is 2.21. The molecule has 1 N–H and O–H groups in total. The molecule has 1 atom stereocenters. The number of rotatable bonds is 5. The summed E-state index contributed by atoms with van der Waals surface area (Å²) in [5, 5.41) is 3.38. The van der Waals surface area contributed by atoms with Crippen LogP contribution in [0.4, 0.5) is 8.78 Å². The lowest BCUT2D eigenvalue weighted by molar-refractivity contribution is -0.0499. The van der Waals surface area contributed by atoms with Gasteiger partial charge >= 0.3 is 6.61 Å². The van der Waals surface area contributed by atoms with E-state index >= 15 is 0 Å². The molecule has 6 heteroatoms. The van der Waals surface area contributed by atoms with Crippen molar-refractivity contribution in [3.05, 3.63) is 29.8 Å². The Balaban J connectivity index is 1.53. The summed E-state index contributed by atoms with van der Waals surface area (Å²) < 4.78 is 29.0. The molecule has 0 amide bonds. The molecule has 0 spiro atoms. The molecule has 2 aliphatic heterocycles. The quantitative estimate of drug-likeness (QED) is 0.897. The third-order valence-electron chi connectivity index (χ3n) is 4.45. The van der Waals surface area contributed by atoms with Crippen molar-refractivity contribution in [2.45, 2.75) is 25.6 Å². The van der Waals surface area contributed by atoms with Gasteiger partial charge in [-0.3, -0.25) is 9.80 Å². The first-order chi connectivity index (χ1) is 10.7. The highest BCUT2D eigenvalue weighted by molar-refractivity contribution is 5.28. The second kappa shape index (κ2) is 7.35. The van der Waals surface area contributed by atoms with Crippen molar-refractivity contribution in [3.8, 4) is 5.75 Å². The summed E-state index contributed by atoms with van der Waals surface area (Å²) in [5.74, 6) is 0.241. The zero-order chi connectivity index (χ0) is 15.4. The van der Waals surface area contributed by atoms with Gasteiger partial charge in [0, 0.05) is 51.9 Å². The lowest BCUT2D eigenvalue weighted by atomic mass is 10.2. The summed E-state index contributed by atoms with van der Waals surface area (Å²) in [6.07, 6.45) is 1.19. The Bertz CT molecular complexity index is 480. The van der Waals surface area contributed by atoms with Gasteiger partial charge in [-0.25, -0.2) is 0 Å². The number of alkyl halides is 2. The van der Waals surface area contributed by atoms with E-state index in [1.807, 2.05) is 6.07 Å². The third kappa shape index (κ3) is 4.15. The number of hydrogen-bond donors (Lipinski definition) is 1. The molecular formula is C16H23F2N3O. The summed E-state index contributed by atoms with van der Waals surface area (Å²) in [5.41, 5.74) is 1.03. The zero-order valence-corrected chi connectivity index (χ0v) is 12.7. The normalized spacial score (nSPS) is 24.0. The van der Waals surface area contributed by atoms with Crippen molar-refractivity contribution in [1.29, 1.82) is 0 Å². The number of piperazine rings is 1. The average molecular weight is 311 g/mol. The zero-order valence-electron chi connectivity index (χ0n) is 12.7. The molecule has 4 nitrogen and oxygen atoms in total. The van der Waals surface area contributed by atoms with Crippen LogP contribution in [0, 0.1) is 0 Å².